The topological polar surface area (TPSA) is 41.1 Å². The number of carbonyl (C=O) groups is 1. The second-order valence-corrected chi connectivity index (χ2v) is 5.99. The van der Waals surface area contributed by atoms with Crippen molar-refractivity contribution in [2.45, 2.75) is 32.1 Å². The number of hydrogen-bond donors (Lipinski definition) is 2. The summed E-state index contributed by atoms with van der Waals surface area (Å²) >= 11 is 12.0. The molecule has 1 aromatic carbocycles. The summed E-state index contributed by atoms with van der Waals surface area (Å²) < 4.78 is 0. The van der Waals surface area contributed by atoms with Gasteiger partial charge in [-0.1, -0.05) is 40.9 Å². The highest BCUT2D eigenvalue weighted by Gasteiger charge is 2.09. The van der Waals surface area contributed by atoms with Gasteiger partial charge in [-0.2, -0.15) is 0 Å². The van der Waals surface area contributed by atoms with Gasteiger partial charge in [0.15, 0.2) is 0 Å². The lowest BCUT2D eigenvalue weighted by Gasteiger charge is -2.13. The zero-order chi connectivity index (χ0) is 15.1. The average Bonchev–Trinajstić information content (AvgIpc) is 2.49. The molecular formula is C16H20Cl2N2O. The van der Waals surface area contributed by atoms with Gasteiger partial charge in [0, 0.05) is 0 Å². The molecular weight excluding hydrogens is 307 g/mol. The molecule has 0 heterocycles. The molecule has 0 radical (unpaired) electrons. The van der Waals surface area contributed by atoms with Crippen LogP contribution in [-0.4, -0.2) is 19.0 Å². The highest BCUT2D eigenvalue weighted by atomic mass is 35.5. The van der Waals surface area contributed by atoms with E-state index in [1.807, 2.05) is 0 Å². The summed E-state index contributed by atoms with van der Waals surface area (Å²) in [7, 11) is 0. The second kappa shape index (κ2) is 8.42. The fourth-order valence-corrected chi connectivity index (χ4v) is 2.88. The summed E-state index contributed by atoms with van der Waals surface area (Å²) in [4.78, 5) is 11.9. The number of nitrogens with one attached hydrogen (secondary N) is 2. The summed E-state index contributed by atoms with van der Waals surface area (Å²) in [6.07, 6.45) is 8.33. The third-order valence-electron chi connectivity index (χ3n) is 3.52. The van der Waals surface area contributed by atoms with Crippen LogP contribution in [0.5, 0.6) is 0 Å². The summed E-state index contributed by atoms with van der Waals surface area (Å²) in [6.45, 7) is 1.07. The van der Waals surface area contributed by atoms with E-state index in [9.17, 15) is 4.79 Å². The average molecular weight is 327 g/mol. The van der Waals surface area contributed by atoms with Crippen molar-refractivity contribution in [2.24, 2.45) is 0 Å². The molecule has 0 unspecified atom stereocenters. The van der Waals surface area contributed by atoms with Crippen molar-refractivity contribution >= 4 is 34.8 Å². The number of allylic oxidation sites excluding steroid dienone is 1. The van der Waals surface area contributed by atoms with Crippen molar-refractivity contribution < 1.29 is 4.79 Å². The van der Waals surface area contributed by atoms with Crippen molar-refractivity contribution in [3.63, 3.8) is 0 Å². The zero-order valence-electron chi connectivity index (χ0n) is 11.9. The zero-order valence-corrected chi connectivity index (χ0v) is 13.4. The molecule has 21 heavy (non-hydrogen) atoms. The highest BCUT2D eigenvalue weighted by Crippen LogP contribution is 2.29. The minimum absolute atomic E-state index is 0.136. The van der Waals surface area contributed by atoms with Crippen LogP contribution in [0.15, 0.2) is 29.8 Å². The number of rotatable bonds is 6. The third kappa shape index (κ3) is 5.34. The van der Waals surface area contributed by atoms with Gasteiger partial charge in [0.1, 0.15) is 0 Å². The summed E-state index contributed by atoms with van der Waals surface area (Å²) in [5.41, 5.74) is 1.98. The molecule has 2 rings (SSSR count). The summed E-state index contributed by atoms with van der Waals surface area (Å²) in [6, 6.07) is 5.15. The van der Waals surface area contributed by atoms with Crippen molar-refractivity contribution in [3.05, 3.63) is 39.9 Å². The third-order valence-corrected chi connectivity index (χ3v) is 4.15. The van der Waals surface area contributed by atoms with Crippen LogP contribution < -0.4 is 10.6 Å². The summed E-state index contributed by atoms with van der Waals surface area (Å²) in [5, 5.41) is 6.78. The number of halogens is 2. The smallest absolute Gasteiger partial charge is 0.238 e. The Hall–Kier alpha value is -1.03. The van der Waals surface area contributed by atoms with Crippen LogP contribution in [0.3, 0.4) is 0 Å². The lowest BCUT2D eigenvalue weighted by Crippen LogP contribution is -2.29. The Bertz CT molecular complexity index is 509. The van der Waals surface area contributed by atoms with Crippen molar-refractivity contribution in [3.8, 4) is 0 Å². The predicted octanol–water partition coefficient (Wildman–Crippen LogP) is 4.41. The van der Waals surface area contributed by atoms with Crippen LogP contribution in [0.4, 0.5) is 5.69 Å². The fraction of sp³-hybridized carbons (Fsp3) is 0.438. The minimum Gasteiger partial charge on any atom is -0.322 e. The SMILES string of the molecule is O=C(CNCCC1=CCCCC1)Nc1c(Cl)cccc1Cl. The van der Waals surface area contributed by atoms with Gasteiger partial charge in [0.2, 0.25) is 5.91 Å². The Morgan fingerprint density at radius 3 is 2.62 bits per heavy atom. The van der Waals surface area contributed by atoms with Gasteiger partial charge in [0.05, 0.1) is 22.3 Å². The second-order valence-electron chi connectivity index (χ2n) is 5.18. The van der Waals surface area contributed by atoms with Crippen LogP contribution in [-0.2, 0) is 4.79 Å². The molecule has 3 nitrogen and oxygen atoms in total. The van der Waals surface area contributed by atoms with Crippen LogP contribution in [0.25, 0.3) is 0 Å². The Morgan fingerprint density at radius 2 is 1.95 bits per heavy atom. The van der Waals surface area contributed by atoms with E-state index >= 15 is 0 Å². The fourth-order valence-electron chi connectivity index (χ4n) is 2.38. The molecule has 0 spiro atoms. The monoisotopic (exact) mass is 326 g/mol. The molecule has 114 valence electrons. The van der Waals surface area contributed by atoms with Crippen LogP contribution in [0, 0.1) is 0 Å². The Balaban J connectivity index is 1.71. The Kier molecular flexibility index (Phi) is 6.55. The molecule has 5 heteroatoms. The first-order valence-electron chi connectivity index (χ1n) is 7.29. The van der Waals surface area contributed by atoms with Gasteiger partial charge in [0.25, 0.3) is 0 Å². The minimum atomic E-state index is -0.136. The first kappa shape index (κ1) is 16.3. The molecule has 0 saturated carbocycles. The van der Waals surface area contributed by atoms with Crippen molar-refractivity contribution in [1.82, 2.24) is 5.32 Å². The molecule has 1 amide bonds. The maximum Gasteiger partial charge on any atom is 0.238 e. The van der Waals surface area contributed by atoms with Gasteiger partial charge >= 0.3 is 0 Å². The lowest BCUT2D eigenvalue weighted by atomic mass is 9.97. The number of amides is 1. The van der Waals surface area contributed by atoms with Crippen LogP contribution in [0.1, 0.15) is 32.1 Å². The van der Waals surface area contributed by atoms with Gasteiger partial charge in [-0.05, 0) is 50.8 Å². The summed E-state index contributed by atoms with van der Waals surface area (Å²) in [5.74, 6) is -0.136. The normalized spacial score (nSPS) is 14.7. The van der Waals surface area contributed by atoms with Crippen LogP contribution >= 0.6 is 23.2 Å². The molecule has 0 saturated heterocycles. The Labute approximate surface area is 135 Å². The number of benzene rings is 1. The highest BCUT2D eigenvalue weighted by molar-refractivity contribution is 6.39. The van der Waals surface area contributed by atoms with Crippen molar-refractivity contribution in [1.29, 1.82) is 0 Å². The van der Waals surface area contributed by atoms with E-state index in [0.29, 0.717) is 15.7 Å². The molecule has 1 aliphatic carbocycles. The van der Waals surface area contributed by atoms with E-state index in [4.69, 9.17) is 23.2 Å². The maximum atomic E-state index is 11.9. The quantitative estimate of drug-likeness (QED) is 0.600. The van der Waals surface area contributed by atoms with Gasteiger partial charge in [-0.15, -0.1) is 0 Å². The molecule has 2 N–H and O–H groups in total. The first-order chi connectivity index (χ1) is 10.2. The van der Waals surface area contributed by atoms with E-state index in [1.54, 1.807) is 18.2 Å². The lowest BCUT2D eigenvalue weighted by molar-refractivity contribution is -0.115. The van der Waals surface area contributed by atoms with E-state index in [-0.39, 0.29) is 12.5 Å². The first-order valence-corrected chi connectivity index (χ1v) is 8.05. The standard InChI is InChI=1S/C16H20Cl2N2O/c17-13-7-4-8-14(18)16(13)20-15(21)11-19-10-9-12-5-2-1-3-6-12/h4-5,7-8,19H,1-3,6,9-11H2,(H,20,21). The molecule has 0 aliphatic heterocycles. The Morgan fingerprint density at radius 1 is 1.19 bits per heavy atom. The number of carbonyl (C=O) groups excluding carboxylic acids is 1. The number of para-hydroxylation sites is 1. The van der Waals surface area contributed by atoms with Crippen LogP contribution in [0.2, 0.25) is 10.0 Å². The van der Waals surface area contributed by atoms with E-state index in [0.717, 1.165) is 13.0 Å². The predicted molar refractivity (Wildman–Crippen MR) is 89.1 cm³/mol. The molecule has 0 fully saturated rings. The van der Waals surface area contributed by atoms with Gasteiger partial charge in [-0.25, -0.2) is 0 Å². The van der Waals surface area contributed by atoms with Gasteiger partial charge < -0.3 is 10.6 Å². The number of anilines is 1. The molecule has 1 aromatic rings. The largest absolute Gasteiger partial charge is 0.322 e. The van der Waals surface area contributed by atoms with Crippen molar-refractivity contribution in [2.75, 3.05) is 18.4 Å². The molecule has 0 bridgehead atoms. The van der Waals surface area contributed by atoms with E-state index in [1.165, 1.54) is 31.3 Å². The van der Waals surface area contributed by atoms with E-state index in [2.05, 4.69) is 16.7 Å². The van der Waals surface area contributed by atoms with Gasteiger partial charge in [-0.3, -0.25) is 4.79 Å². The number of hydrogen-bond acceptors (Lipinski definition) is 2. The molecule has 0 aromatic heterocycles. The molecule has 1 aliphatic rings. The molecule has 0 atom stereocenters. The maximum absolute atomic E-state index is 11.9. The van der Waals surface area contributed by atoms with E-state index < -0.39 is 0 Å².